The molecule has 0 saturated carbocycles. The van der Waals surface area contributed by atoms with Crippen molar-refractivity contribution in [3.63, 3.8) is 0 Å². The third-order valence-electron chi connectivity index (χ3n) is 5.38. The molecule has 184 valence electrons. The van der Waals surface area contributed by atoms with Gasteiger partial charge in [0.15, 0.2) is 11.6 Å². The van der Waals surface area contributed by atoms with Crippen molar-refractivity contribution < 1.29 is 31.1 Å². The maximum absolute atomic E-state index is 13.9. The average molecular weight is 525 g/mol. The highest BCUT2D eigenvalue weighted by molar-refractivity contribution is 7.13. The molecule has 1 amide bonds. The van der Waals surface area contributed by atoms with Crippen LogP contribution < -0.4 is 5.73 Å². The summed E-state index contributed by atoms with van der Waals surface area (Å²) < 4.78 is 81.9. The summed E-state index contributed by atoms with van der Waals surface area (Å²) in [4.78, 5) is 18.5. The van der Waals surface area contributed by atoms with E-state index in [1.165, 1.54) is 16.2 Å². The zero-order chi connectivity index (χ0) is 23.9. The molecule has 2 aromatic heterocycles. The summed E-state index contributed by atoms with van der Waals surface area (Å²) in [6.45, 7) is -0.176. The maximum Gasteiger partial charge on any atom is 0.449 e. The molecule has 0 spiro atoms. The Morgan fingerprint density at radius 1 is 1.15 bits per heavy atom. The molecule has 0 fully saturated rings. The molecule has 3 heterocycles. The van der Waals surface area contributed by atoms with Gasteiger partial charge in [-0.05, 0) is 29.5 Å². The fourth-order valence-electron chi connectivity index (χ4n) is 3.84. The topological polar surface area (TPSA) is 64.2 Å². The molecule has 5 nitrogen and oxygen atoms in total. The highest BCUT2D eigenvalue weighted by atomic mass is 35.5. The van der Waals surface area contributed by atoms with Gasteiger partial charge in [0.05, 0.1) is 17.1 Å². The summed E-state index contributed by atoms with van der Waals surface area (Å²) in [6, 6.07) is 3.56. The SMILES string of the molecule is Cl.NC(CC(=O)N1CCn2c(C(F)(F)F)nc(-c3cccs3)c2C1)Cc1cc(F)c(F)cc1F. The normalized spacial score (nSPS) is 14.5. The van der Waals surface area contributed by atoms with Crippen molar-refractivity contribution in [1.29, 1.82) is 0 Å². The summed E-state index contributed by atoms with van der Waals surface area (Å²) in [5, 5.41) is 1.72. The predicted molar refractivity (Wildman–Crippen MR) is 116 cm³/mol. The summed E-state index contributed by atoms with van der Waals surface area (Å²) in [6.07, 6.45) is -5.10. The summed E-state index contributed by atoms with van der Waals surface area (Å²) in [5.74, 6) is -4.98. The second-order valence-electron chi connectivity index (χ2n) is 7.70. The Morgan fingerprint density at radius 2 is 1.85 bits per heavy atom. The van der Waals surface area contributed by atoms with E-state index in [9.17, 15) is 31.1 Å². The van der Waals surface area contributed by atoms with Crippen LogP contribution >= 0.6 is 23.7 Å². The van der Waals surface area contributed by atoms with E-state index < -0.39 is 41.4 Å². The van der Waals surface area contributed by atoms with E-state index in [1.807, 2.05) is 0 Å². The number of nitrogens with two attached hydrogens (primary N) is 1. The molecule has 0 aliphatic carbocycles. The quantitative estimate of drug-likeness (QED) is 0.386. The number of aromatic nitrogens is 2. The molecule has 2 N–H and O–H groups in total. The maximum atomic E-state index is 13.9. The monoisotopic (exact) mass is 524 g/mol. The van der Waals surface area contributed by atoms with Crippen LogP contribution in [0.15, 0.2) is 29.6 Å². The predicted octanol–water partition coefficient (Wildman–Crippen LogP) is 4.77. The van der Waals surface area contributed by atoms with Gasteiger partial charge < -0.3 is 15.2 Å². The first-order chi connectivity index (χ1) is 15.5. The number of carbonyl (C=O) groups is 1. The van der Waals surface area contributed by atoms with Crippen molar-refractivity contribution in [1.82, 2.24) is 14.5 Å². The number of nitrogens with zero attached hydrogens (tertiary/aromatic N) is 3. The second kappa shape index (κ2) is 9.96. The number of fused-ring (bicyclic) bond motifs is 1. The lowest BCUT2D eigenvalue weighted by Crippen LogP contribution is -2.42. The highest BCUT2D eigenvalue weighted by Gasteiger charge is 2.41. The smallest absolute Gasteiger partial charge is 0.335 e. The Hall–Kier alpha value is -2.57. The minimum atomic E-state index is -4.65. The largest absolute Gasteiger partial charge is 0.449 e. The number of imidazole rings is 1. The molecule has 1 aliphatic heterocycles. The zero-order valence-electron chi connectivity index (χ0n) is 17.4. The minimum absolute atomic E-state index is 0. The Balaban J connectivity index is 0.00000324. The average Bonchev–Trinajstić information content (AvgIpc) is 3.38. The number of carbonyl (C=O) groups excluding carboxylic acids is 1. The van der Waals surface area contributed by atoms with Crippen LogP contribution in [-0.2, 0) is 30.5 Å². The van der Waals surface area contributed by atoms with Gasteiger partial charge in [-0.3, -0.25) is 4.79 Å². The molecule has 1 aliphatic rings. The first kappa shape index (κ1) is 26.0. The number of rotatable bonds is 5. The van der Waals surface area contributed by atoms with Crippen LogP contribution in [0, 0.1) is 17.5 Å². The number of amides is 1. The molecule has 1 atom stereocenters. The van der Waals surface area contributed by atoms with Crippen LogP contribution in [0.1, 0.15) is 23.5 Å². The lowest BCUT2D eigenvalue weighted by molar-refractivity contribution is -0.148. The number of alkyl halides is 3. The van der Waals surface area contributed by atoms with E-state index in [2.05, 4.69) is 4.98 Å². The third kappa shape index (κ3) is 5.23. The van der Waals surface area contributed by atoms with Gasteiger partial charge in [0, 0.05) is 31.6 Å². The Kier molecular flexibility index (Phi) is 7.63. The van der Waals surface area contributed by atoms with Crippen molar-refractivity contribution in [2.75, 3.05) is 6.54 Å². The van der Waals surface area contributed by atoms with Crippen LogP contribution in [0.4, 0.5) is 26.3 Å². The van der Waals surface area contributed by atoms with E-state index in [4.69, 9.17) is 5.73 Å². The molecular formula is C21H19ClF6N4OS. The number of hydrogen-bond acceptors (Lipinski definition) is 4. The van der Waals surface area contributed by atoms with E-state index in [0.29, 0.717) is 17.0 Å². The van der Waals surface area contributed by atoms with Crippen LogP contribution in [0.5, 0.6) is 0 Å². The van der Waals surface area contributed by atoms with Crippen LogP contribution in [-0.4, -0.2) is 32.9 Å². The van der Waals surface area contributed by atoms with Crippen molar-refractivity contribution >= 4 is 29.7 Å². The summed E-state index contributed by atoms with van der Waals surface area (Å²) in [5.41, 5.74) is 6.21. The third-order valence-corrected chi connectivity index (χ3v) is 6.25. The summed E-state index contributed by atoms with van der Waals surface area (Å²) >= 11 is 1.24. The Labute approximate surface area is 200 Å². The fourth-order valence-corrected chi connectivity index (χ4v) is 4.57. The number of benzene rings is 1. The van der Waals surface area contributed by atoms with E-state index in [1.54, 1.807) is 17.5 Å². The molecule has 1 aromatic carbocycles. The minimum Gasteiger partial charge on any atom is -0.335 e. The van der Waals surface area contributed by atoms with Gasteiger partial charge in [-0.15, -0.1) is 23.7 Å². The van der Waals surface area contributed by atoms with Crippen molar-refractivity contribution in [3.8, 4) is 10.6 Å². The Morgan fingerprint density at radius 3 is 2.50 bits per heavy atom. The molecule has 4 rings (SSSR count). The molecule has 34 heavy (non-hydrogen) atoms. The van der Waals surface area contributed by atoms with E-state index in [-0.39, 0.29) is 61.8 Å². The fraction of sp³-hybridized carbons (Fsp3) is 0.333. The van der Waals surface area contributed by atoms with Crippen molar-refractivity contribution in [2.45, 2.75) is 38.1 Å². The summed E-state index contributed by atoms with van der Waals surface area (Å²) in [7, 11) is 0. The van der Waals surface area contributed by atoms with Gasteiger partial charge >= 0.3 is 6.18 Å². The first-order valence-electron chi connectivity index (χ1n) is 9.92. The van der Waals surface area contributed by atoms with Gasteiger partial charge in [0.1, 0.15) is 11.5 Å². The number of halogens is 7. The Bertz CT molecular complexity index is 1180. The molecular weight excluding hydrogens is 506 g/mol. The molecule has 1 unspecified atom stereocenters. The van der Waals surface area contributed by atoms with Crippen molar-refractivity contribution in [3.05, 3.63) is 64.2 Å². The van der Waals surface area contributed by atoms with E-state index in [0.717, 1.165) is 4.57 Å². The molecule has 0 bridgehead atoms. The van der Waals surface area contributed by atoms with Crippen LogP contribution in [0.3, 0.4) is 0 Å². The van der Waals surface area contributed by atoms with Gasteiger partial charge in [-0.2, -0.15) is 13.2 Å². The van der Waals surface area contributed by atoms with Gasteiger partial charge in [-0.1, -0.05) is 6.07 Å². The molecule has 0 saturated heterocycles. The van der Waals surface area contributed by atoms with E-state index >= 15 is 0 Å². The lowest BCUT2D eigenvalue weighted by atomic mass is 10.0. The first-order valence-corrected chi connectivity index (χ1v) is 10.8. The highest BCUT2D eigenvalue weighted by Crippen LogP contribution is 2.37. The molecule has 3 aromatic rings. The number of thiophene rings is 1. The molecule has 13 heteroatoms. The lowest BCUT2D eigenvalue weighted by Gasteiger charge is -2.30. The molecule has 0 radical (unpaired) electrons. The second-order valence-corrected chi connectivity index (χ2v) is 8.65. The van der Waals surface area contributed by atoms with Gasteiger partial charge in [-0.25, -0.2) is 18.2 Å². The number of hydrogen-bond donors (Lipinski definition) is 1. The van der Waals surface area contributed by atoms with Crippen molar-refractivity contribution in [2.24, 2.45) is 5.73 Å². The standard InChI is InChI=1S/C21H18F6N4OS.ClH/c22-13-9-15(24)14(23)7-11(13)6-12(28)8-18(32)30-3-4-31-16(10-30)19(17-2-1-5-33-17)29-20(31)21(25,26)27;/h1-2,5,7,9,12H,3-4,6,8,10,28H2;1H. The van der Waals surface area contributed by atoms with Crippen LogP contribution in [0.25, 0.3) is 10.6 Å². The van der Waals surface area contributed by atoms with Crippen LogP contribution in [0.2, 0.25) is 0 Å². The van der Waals surface area contributed by atoms with Gasteiger partial charge in [0.2, 0.25) is 11.7 Å². The zero-order valence-corrected chi connectivity index (χ0v) is 19.0. The van der Waals surface area contributed by atoms with Gasteiger partial charge in [0.25, 0.3) is 0 Å².